The number of rotatable bonds is 5. The first-order valence-corrected chi connectivity index (χ1v) is 8.68. The molecule has 2 amide bonds. The zero-order valence-corrected chi connectivity index (χ0v) is 16.1. The molecule has 0 aromatic heterocycles. The van der Waals surface area contributed by atoms with Gasteiger partial charge in [-0.15, -0.1) is 0 Å². The highest BCUT2D eigenvalue weighted by Crippen LogP contribution is 2.19. The Labute approximate surface area is 155 Å². The van der Waals surface area contributed by atoms with Crippen LogP contribution in [0.3, 0.4) is 0 Å². The maximum absolute atomic E-state index is 12.2. The van der Waals surface area contributed by atoms with Crippen LogP contribution in [0.4, 0.5) is 11.4 Å². The number of amides is 2. The van der Waals surface area contributed by atoms with Gasteiger partial charge in [0, 0.05) is 22.5 Å². The monoisotopic (exact) mass is 353 g/mol. The van der Waals surface area contributed by atoms with Crippen molar-refractivity contribution < 1.29 is 9.59 Å². The Kier molecular flexibility index (Phi) is 6.03. The maximum atomic E-state index is 12.2. The summed E-state index contributed by atoms with van der Waals surface area (Å²) in [5.74, 6) is -0.228. The number of para-hydroxylation sites is 1. The first-order chi connectivity index (χ1) is 12.2. The number of nitrogens with one attached hydrogen (secondary N) is 3. The number of aryl methyl sites for hydroxylation is 2. The molecule has 0 radical (unpaired) electrons. The molecule has 0 spiro atoms. The number of anilines is 2. The van der Waals surface area contributed by atoms with E-state index in [9.17, 15) is 9.59 Å². The largest absolute Gasteiger partial charge is 0.376 e. The minimum Gasteiger partial charge on any atom is -0.376 e. The molecule has 0 saturated carbocycles. The van der Waals surface area contributed by atoms with Gasteiger partial charge in [-0.05, 0) is 70.0 Å². The molecular formula is C21H27N3O2. The van der Waals surface area contributed by atoms with Crippen LogP contribution in [0, 0.1) is 13.8 Å². The first kappa shape index (κ1) is 19.5. The molecule has 0 atom stereocenters. The Balaban J connectivity index is 1.91. The van der Waals surface area contributed by atoms with Gasteiger partial charge in [0.2, 0.25) is 5.91 Å². The molecule has 0 aliphatic carbocycles. The van der Waals surface area contributed by atoms with Crippen LogP contribution in [0.1, 0.15) is 42.3 Å². The van der Waals surface area contributed by atoms with E-state index in [4.69, 9.17) is 0 Å². The summed E-state index contributed by atoms with van der Waals surface area (Å²) in [5, 5.41) is 8.93. The average molecular weight is 353 g/mol. The fourth-order valence-electron chi connectivity index (χ4n) is 2.53. The lowest BCUT2D eigenvalue weighted by Crippen LogP contribution is -2.40. The fourth-order valence-corrected chi connectivity index (χ4v) is 2.53. The second-order valence-electron chi connectivity index (χ2n) is 7.45. The van der Waals surface area contributed by atoms with E-state index >= 15 is 0 Å². The summed E-state index contributed by atoms with van der Waals surface area (Å²) < 4.78 is 0. The van der Waals surface area contributed by atoms with Gasteiger partial charge in [-0.1, -0.05) is 18.2 Å². The number of benzene rings is 2. The Morgan fingerprint density at radius 3 is 2.04 bits per heavy atom. The van der Waals surface area contributed by atoms with Crippen molar-refractivity contribution in [2.24, 2.45) is 0 Å². The van der Waals surface area contributed by atoms with Crippen LogP contribution < -0.4 is 16.0 Å². The van der Waals surface area contributed by atoms with Crippen LogP contribution in [0.25, 0.3) is 0 Å². The maximum Gasteiger partial charge on any atom is 0.251 e. The lowest BCUT2D eigenvalue weighted by atomic mass is 10.1. The average Bonchev–Trinajstić information content (AvgIpc) is 2.55. The van der Waals surface area contributed by atoms with Gasteiger partial charge in [0.25, 0.3) is 5.91 Å². The van der Waals surface area contributed by atoms with E-state index in [-0.39, 0.29) is 23.9 Å². The molecule has 5 nitrogen and oxygen atoms in total. The molecule has 2 aromatic rings. The molecule has 3 N–H and O–H groups in total. The van der Waals surface area contributed by atoms with Crippen molar-refractivity contribution in [3.05, 3.63) is 59.2 Å². The first-order valence-electron chi connectivity index (χ1n) is 8.68. The van der Waals surface area contributed by atoms with Gasteiger partial charge in [0.1, 0.15) is 0 Å². The zero-order chi connectivity index (χ0) is 19.3. The van der Waals surface area contributed by atoms with Crippen molar-refractivity contribution >= 4 is 23.2 Å². The van der Waals surface area contributed by atoms with E-state index in [1.54, 1.807) is 24.3 Å². The van der Waals surface area contributed by atoms with E-state index in [1.807, 2.05) is 52.8 Å². The Hall–Kier alpha value is -2.82. The highest BCUT2D eigenvalue weighted by atomic mass is 16.2. The highest BCUT2D eigenvalue weighted by molar-refractivity contribution is 5.96. The van der Waals surface area contributed by atoms with Crippen LogP contribution in [-0.4, -0.2) is 23.9 Å². The van der Waals surface area contributed by atoms with Gasteiger partial charge in [0.05, 0.1) is 6.54 Å². The van der Waals surface area contributed by atoms with Crippen molar-refractivity contribution in [3.8, 4) is 0 Å². The molecule has 0 unspecified atom stereocenters. The van der Waals surface area contributed by atoms with Crippen molar-refractivity contribution in [1.82, 2.24) is 5.32 Å². The normalized spacial score (nSPS) is 11.0. The number of hydrogen-bond donors (Lipinski definition) is 3. The molecule has 138 valence electrons. The summed E-state index contributed by atoms with van der Waals surface area (Å²) in [6.07, 6.45) is 0. The molecule has 26 heavy (non-hydrogen) atoms. The summed E-state index contributed by atoms with van der Waals surface area (Å²) in [6, 6.07) is 13.0. The molecule has 0 aliphatic heterocycles. The van der Waals surface area contributed by atoms with Crippen molar-refractivity contribution in [3.63, 3.8) is 0 Å². The molecular weight excluding hydrogens is 326 g/mol. The molecule has 0 saturated heterocycles. The summed E-state index contributed by atoms with van der Waals surface area (Å²) in [5.41, 5.74) is 4.02. The van der Waals surface area contributed by atoms with Crippen molar-refractivity contribution in [2.75, 3.05) is 17.2 Å². The number of carbonyl (C=O) groups excluding carboxylic acids is 2. The van der Waals surface area contributed by atoms with E-state index < -0.39 is 0 Å². The Morgan fingerprint density at radius 2 is 1.50 bits per heavy atom. The van der Waals surface area contributed by atoms with E-state index in [2.05, 4.69) is 16.0 Å². The van der Waals surface area contributed by atoms with Crippen LogP contribution in [0.5, 0.6) is 0 Å². The second-order valence-corrected chi connectivity index (χ2v) is 7.45. The van der Waals surface area contributed by atoms with Gasteiger partial charge < -0.3 is 16.0 Å². The third kappa shape index (κ3) is 5.62. The van der Waals surface area contributed by atoms with E-state index in [0.717, 1.165) is 22.5 Å². The Morgan fingerprint density at radius 1 is 0.923 bits per heavy atom. The molecule has 0 bridgehead atoms. The molecule has 0 fully saturated rings. The predicted octanol–water partition coefficient (Wildman–Crippen LogP) is 3.88. The second kappa shape index (κ2) is 8.04. The molecule has 5 heteroatoms. The number of hydrogen-bond acceptors (Lipinski definition) is 3. The number of carbonyl (C=O) groups is 2. The SMILES string of the molecule is Cc1cccc(C)c1NC(=O)CNc1ccc(C(=O)NC(C)(C)C)cc1. The van der Waals surface area contributed by atoms with Gasteiger partial charge >= 0.3 is 0 Å². The van der Waals surface area contributed by atoms with Crippen molar-refractivity contribution in [1.29, 1.82) is 0 Å². The van der Waals surface area contributed by atoms with Gasteiger partial charge in [-0.25, -0.2) is 0 Å². The lowest BCUT2D eigenvalue weighted by molar-refractivity contribution is -0.114. The third-order valence-corrected chi connectivity index (χ3v) is 3.83. The summed E-state index contributed by atoms with van der Waals surface area (Å²) in [6.45, 7) is 9.91. The fraction of sp³-hybridized carbons (Fsp3) is 0.333. The van der Waals surface area contributed by atoms with E-state index in [0.29, 0.717) is 5.56 Å². The summed E-state index contributed by atoms with van der Waals surface area (Å²) in [4.78, 5) is 24.3. The Bertz CT molecular complexity index is 770. The minimum atomic E-state index is -0.278. The quantitative estimate of drug-likeness (QED) is 0.764. The van der Waals surface area contributed by atoms with Crippen LogP contribution >= 0.6 is 0 Å². The van der Waals surface area contributed by atoms with Crippen LogP contribution in [0.15, 0.2) is 42.5 Å². The van der Waals surface area contributed by atoms with Crippen LogP contribution in [-0.2, 0) is 4.79 Å². The predicted molar refractivity (Wildman–Crippen MR) is 107 cm³/mol. The lowest BCUT2D eigenvalue weighted by Gasteiger charge is -2.20. The van der Waals surface area contributed by atoms with Gasteiger partial charge in [-0.2, -0.15) is 0 Å². The van der Waals surface area contributed by atoms with E-state index in [1.165, 1.54) is 0 Å². The van der Waals surface area contributed by atoms with Gasteiger partial charge in [-0.3, -0.25) is 9.59 Å². The van der Waals surface area contributed by atoms with Crippen molar-refractivity contribution in [2.45, 2.75) is 40.2 Å². The highest BCUT2D eigenvalue weighted by Gasteiger charge is 2.15. The zero-order valence-electron chi connectivity index (χ0n) is 16.1. The molecule has 0 aliphatic rings. The summed E-state index contributed by atoms with van der Waals surface area (Å²) >= 11 is 0. The smallest absolute Gasteiger partial charge is 0.251 e. The minimum absolute atomic E-state index is 0.114. The molecule has 2 rings (SSSR count). The third-order valence-electron chi connectivity index (χ3n) is 3.83. The van der Waals surface area contributed by atoms with Gasteiger partial charge in [0.15, 0.2) is 0 Å². The summed E-state index contributed by atoms with van der Waals surface area (Å²) in [7, 11) is 0. The topological polar surface area (TPSA) is 70.2 Å². The standard InChI is InChI=1S/C21H27N3O2/c1-14-7-6-8-15(2)19(14)23-18(25)13-22-17-11-9-16(10-12-17)20(26)24-21(3,4)5/h6-12,22H,13H2,1-5H3,(H,23,25)(H,24,26). The molecule has 2 aromatic carbocycles. The molecule has 0 heterocycles. The van der Waals surface area contributed by atoms with Crippen LogP contribution in [0.2, 0.25) is 0 Å².